The van der Waals surface area contributed by atoms with E-state index in [9.17, 15) is 9.59 Å². The summed E-state index contributed by atoms with van der Waals surface area (Å²) in [7, 11) is 1.55. The SMILES string of the molecule is COc1cccc2c(C)nc(NC3=N[C@@H](CC(=O)O)C(=O)N3)nc12. The van der Waals surface area contributed by atoms with E-state index in [1.54, 1.807) is 13.2 Å². The predicted molar refractivity (Wildman–Crippen MR) is 86.1 cm³/mol. The van der Waals surface area contributed by atoms with Gasteiger partial charge in [-0.1, -0.05) is 12.1 Å². The first-order valence-corrected chi connectivity index (χ1v) is 7.16. The Morgan fingerprint density at radius 2 is 2.21 bits per heavy atom. The Balaban J connectivity index is 1.91. The molecule has 1 aliphatic rings. The van der Waals surface area contributed by atoms with Crippen LogP contribution in [-0.2, 0) is 9.59 Å². The molecule has 0 radical (unpaired) electrons. The van der Waals surface area contributed by atoms with Crippen molar-refractivity contribution in [2.75, 3.05) is 12.4 Å². The first-order chi connectivity index (χ1) is 11.5. The molecule has 1 aliphatic heterocycles. The van der Waals surface area contributed by atoms with Crippen molar-refractivity contribution >= 4 is 34.7 Å². The molecule has 124 valence electrons. The van der Waals surface area contributed by atoms with Crippen LogP contribution in [0.1, 0.15) is 12.1 Å². The van der Waals surface area contributed by atoms with Crippen molar-refractivity contribution < 1.29 is 19.4 Å². The third kappa shape index (κ3) is 2.96. The zero-order valence-electron chi connectivity index (χ0n) is 13.0. The summed E-state index contributed by atoms with van der Waals surface area (Å²) < 4.78 is 5.30. The summed E-state index contributed by atoms with van der Waals surface area (Å²) in [6.07, 6.45) is -0.373. The van der Waals surface area contributed by atoms with Crippen molar-refractivity contribution in [1.82, 2.24) is 15.3 Å². The van der Waals surface area contributed by atoms with Gasteiger partial charge in [0.25, 0.3) is 5.91 Å². The third-order valence-electron chi connectivity index (χ3n) is 3.53. The van der Waals surface area contributed by atoms with E-state index >= 15 is 0 Å². The van der Waals surface area contributed by atoms with Crippen LogP contribution in [0.25, 0.3) is 10.9 Å². The second-order valence-electron chi connectivity index (χ2n) is 5.19. The van der Waals surface area contributed by atoms with Crippen LogP contribution in [0.15, 0.2) is 23.2 Å². The summed E-state index contributed by atoms with van der Waals surface area (Å²) >= 11 is 0. The highest BCUT2D eigenvalue weighted by molar-refractivity contribution is 6.10. The monoisotopic (exact) mass is 329 g/mol. The number of aliphatic carboxylic acids is 1. The number of carbonyl (C=O) groups excluding carboxylic acids is 1. The Morgan fingerprint density at radius 3 is 2.92 bits per heavy atom. The number of benzene rings is 1. The number of carboxylic acids is 1. The number of nitrogens with one attached hydrogen (secondary N) is 2. The molecule has 0 spiro atoms. The number of para-hydroxylation sites is 1. The molecule has 1 aromatic carbocycles. The molecule has 1 amide bonds. The van der Waals surface area contributed by atoms with Crippen molar-refractivity contribution in [3.63, 3.8) is 0 Å². The van der Waals surface area contributed by atoms with Crippen LogP contribution in [0.3, 0.4) is 0 Å². The van der Waals surface area contributed by atoms with Gasteiger partial charge in [-0.15, -0.1) is 0 Å². The summed E-state index contributed by atoms with van der Waals surface area (Å²) in [5, 5.41) is 14.9. The number of methoxy groups -OCH3 is 1. The number of fused-ring (bicyclic) bond motifs is 1. The number of carboxylic acid groups (broad SMARTS) is 1. The summed E-state index contributed by atoms with van der Waals surface area (Å²) in [5.41, 5.74) is 1.36. The number of aliphatic imine (C=N–C) groups is 1. The maximum absolute atomic E-state index is 11.7. The van der Waals surface area contributed by atoms with E-state index in [1.807, 2.05) is 19.1 Å². The lowest BCUT2D eigenvalue weighted by atomic mass is 10.2. The maximum Gasteiger partial charge on any atom is 0.306 e. The van der Waals surface area contributed by atoms with Gasteiger partial charge in [-0.3, -0.25) is 20.2 Å². The van der Waals surface area contributed by atoms with Gasteiger partial charge in [-0.05, 0) is 13.0 Å². The van der Waals surface area contributed by atoms with Crippen molar-refractivity contribution in [1.29, 1.82) is 0 Å². The molecule has 9 heteroatoms. The Morgan fingerprint density at radius 1 is 1.42 bits per heavy atom. The van der Waals surface area contributed by atoms with Crippen LogP contribution in [0.2, 0.25) is 0 Å². The zero-order valence-corrected chi connectivity index (χ0v) is 13.0. The van der Waals surface area contributed by atoms with Crippen LogP contribution >= 0.6 is 0 Å². The smallest absolute Gasteiger partial charge is 0.306 e. The molecule has 0 bridgehead atoms. The minimum Gasteiger partial charge on any atom is -0.494 e. The molecule has 1 atom stereocenters. The average Bonchev–Trinajstić information content (AvgIpc) is 2.85. The predicted octanol–water partition coefficient (Wildman–Crippen LogP) is 0.688. The summed E-state index contributed by atoms with van der Waals surface area (Å²) in [4.78, 5) is 35.1. The lowest BCUT2D eigenvalue weighted by Crippen LogP contribution is -2.33. The lowest BCUT2D eigenvalue weighted by molar-refractivity contribution is -0.139. The first-order valence-electron chi connectivity index (χ1n) is 7.16. The number of anilines is 1. The molecule has 2 heterocycles. The van der Waals surface area contributed by atoms with Gasteiger partial charge in [0.15, 0.2) is 0 Å². The summed E-state index contributed by atoms with van der Waals surface area (Å²) in [6.45, 7) is 1.83. The number of aromatic nitrogens is 2. The Labute approximate surface area is 136 Å². The lowest BCUT2D eigenvalue weighted by Gasteiger charge is -2.09. The molecule has 0 saturated carbocycles. The highest BCUT2D eigenvalue weighted by Gasteiger charge is 2.28. The molecule has 1 aromatic heterocycles. The number of aryl methyl sites for hydroxylation is 1. The van der Waals surface area contributed by atoms with E-state index in [0.717, 1.165) is 11.1 Å². The fraction of sp³-hybridized carbons (Fsp3) is 0.267. The molecular formula is C15H15N5O4. The first kappa shape index (κ1) is 15.7. The molecule has 3 N–H and O–H groups in total. The number of hydrogen-bond acceptors (Lipinski definition) is 7. The van der Waals surface area contributed by atoms with Gasteiger partial charge < -0.3 is 9.84 Å². The van der Waals surface area contributed by atoms with Crippen molar-refractivity contribution in [2.24, 2.45) is 4.99 Å². The largest absolute Gasteiger partial charge is 0.494 e. The average molecular weight is 329 g/mol. The number of rotatable bonds is 4. The van der Waals surface area contributed by atoms with Gasteiger partial charge in [0.05, 0.1) is 19.2 Å². The molecule has 9 nitrogen and oxygen atoms in total. The minimum atomic E-state index is -1.09. The third-order valence-corrected chi connectivity index (χ3v) is 3.53. The number of nitrogens with zero attached hydrogens (tertiary/aromatic N) is 3. The van der Waals surface area contributed by atoms with Crippen LogP contribution in [0.5, 0.6) is 5.75 Å². The Bertz CT molecular complexity index is 864. The molecule has 0 aliphatic carbocycles. The van der Waals surface area contributed by atoms with E-state index in [4.69, 9.17) is 9.84 Å². The molecule has 3 rings (SSSR count). The molecule has 0 unspecified atom stereocenters. The van der Waals surface area contributed by atoms with Crippen LogP contribution in [0.4, 0.5) is 5.95 Å². The van der Waals surface area contributed by atoms with Crippen molar-refractivity contribution in [3.8, 4) is 5.75 Å². The van der Waals surface area contributed by atoms with Gasteiger partial charge >= 0.3 is 5.97 Å². The normalized spacial score (nSPS) is 16.7. The second kappa shape index (κ2) is 6.11. The number of carbonyl (C=O) groups is 2. The van der Waals surface area contributed by atoms with Crippen molar-refractivity contribution in [2.45, 2.75) is 19.4 Å². The zero-order chi connectivity index (χ0) is 17.3. The van der Waals surface area contributed by atoms with E-state index in [-0.39, 0.29) is 18.3 Å². The highest BCUT2D eigenvalue weighted by atomic mass is 16.5. The quantitative estimate of drug-likeness (QED) is 0.753. The number of amides is 1. The minimum absolute atomic E-state index is 0.125. The van der Waals surface area contributed by atoms with Gasteiger partial charge in [0, 0.05) is 5.39 Å². The molecule has 2 aromatic rings. The van der Waals surface area contributed by atoms with Gasteiger partial charge in [0.2, 0.25) is 11.9 Å². The molecule has 0 saturated heterocycles. The Kier molecular flexibility index (Phi) is 3.98. The fourth-order valence-corrected chi connectivity index (χ4v) is 2.42. The number of hydrogen-bond donors (Lipinski definition) is 3. The van der Waals surface area contributed by atoms with E-state index < -0.39 is 17.9 Å². The Hall–Kier alpha value is -3.23. The standard InChI is InChI=1S/C15H15N5O4/c1-7-8-4-3-5-10(24-2)12(8)18-14(16-7)20-15-17-9(6-11(21)22)13(23)19-15/h3-5,9H,6H2,1-2H3,(H,21,22)(H2,16,17,18,19,20,23)/t9-/m0/s1. The fourth-order valence-electron chi connectivity index (χ4n) is 2.42. The van der Waals surface area contributed by atoms with Crippen molar-refractivity contribution in [3.05, 3.63) is 23.9 Å². The maximum atomic E-state index is 11.7. The van der Waals surface area contributed by atoms with E-state index in [1.165, 1.54) is 0 Å². The summed E-state index contributed by atoms with van der Waals surface area (Å²) in [5.74, 6) is -0.612. The van der Waals surface area contributed by atoms with Gasteiger partial charge in [-0.2, -0.15) is 0 Å². The highest BCUT2D eigenvalue weighted by Crippen LogP contribution is 2.26. The van der Waals surface area contributed by atoms with Crippen LogP contribution < -0.4 is 15.4 Å². The van der Waals surface area contributed by atoms with E-state index in [0.29, 0.717) is 11.3 Å². The molecule has 0 fully saturated rings. The topological polar surface area (TPSA) is 126 Å². The summed E-state index contributed by atoms with van der Waals surface area (Å²) in [6, 6.07) is 4.56. The molecular weight excluding hydrogens is 314 g/mol. The van der Waals surface area contributed by atoms with E-state index in [2.05, 4.69) is 25.6 Å². The van der Waals surface area contributed by atoms with Gasteiger partial charge in [-0.25, -0.2) is 15.0 Å². The van der Waals surface area contributed by atoms with Crippen LogP contribution in [0, 0.1) is 6.92 Å². The van der Waals surface area contributed by atoms with Gasteiger partial charge in [0.1, 0.15) is 17.3 Å². The number of ether oxygens (including phenoxy) is 1. The number of guanidine groups is 1. The second-order valence-corrected chi connectivity index (χ2v) is 5.19. The van der Waals surface area contributed by atoms with Crippen LogP contribution in [-0.4, -0.2) is 46.1 Å². The molecule has 24 heavy (non-hydrogen) atoms.